The van der Waals surface area contributed by atoms with Crippen molar-refractivity contribution in [2.24, 2.45) is 0 Å². The Labute approximate surface area is 130 Å². The van der Waals surface area contributed by atoms with Crippen LogP contribution in [0.5, 0.6) is 0 Å². The second-order valence-corrected chi connectivity index (χ2v) is 5.79. The lowest BCUT2D eigenvalue weighted by molar-refractivity contribution is -0.131. The Morgan fingerprint density at radius 1 is 1.41 bits per heavy atom. The normalized spacial score (nSPS) is 17.9. The molecule has 1 amide bonds. The third kappa shape index (κ3) is 2.89. The summed E-state index contributed by atoms with van der Waals surface area (Å²) in [5.41, 5.74) is 2.03. The predicted molar refractivity (Wildman–Crippen MR) is 83.2 cm³/mol. The smallest absolute Gasteiger partial charge is 0.236 e. The highest BCUT2D eigenvalue weighted by molar-refractivity contribution is 5.78. The van der Waals surface area contributed by atoms with E-state index in [-0.39, 0.29) is 12.3 Å². The van der Waals surface area contributed by atoms with Crippen LogP contribution in [0.15, 0.2) is 28.8 Å². The van der Waals surface area contributed by atoms with Crippen molar-refractivity contribution < 1.29 is 9.32 Å². The molecule has 5 heteroatoms. The summed E-state index contributed by atoms with van der Waals surface area (Å²) in [4.78, 5) is 18.7. The van der Waals surface area contributed by atoms with Gasteiger partial charge in [-0.25, -0.2) is 0 Å². The SMILES string of the molecule is CCC1CCCN1C(=O)Cc1nc(-c2ccccc2C)no1. The number of aromatic nitrogens is 2. The maximum Gasteiger partial charge on any atom is 0.236 e. The number of nitrogens with zero attached hydrogens (tertiary/aromatic N) is 3. The molecule has 1 aliphatic rings. The van der Waals surface area contributed by atoms with Gasteiger partial charge in [0, 0.05) is 18.2 Å². The second kappa shape index (κ2) is 6.30. The molecule has 0 saturated carbocycles. The largest absolute Gasteiger partial charge is 0.339 e. The van der Waals surface area contributed by atoms with Crippen molar-refractivity contribution in [2.75, 3.05) is 6.54 Å². The molecular weight excluding hydrogens is 278 g/mol. The summed E-state index contributed by atoms with van der Waals surface area (Å²) < 4.78 is 5.26. The maximum absolute atomic E-state index is 12.4. The lowest BCUT2D eigenvalue weighted by Crippen LogP contribution is -2.36. The summed E-state index contributed by atoms with van der Waals surface area (Å²) in [5.74, 6) is 1.03. The molecule has 0 N–H and O–H groups in total. The number of carbonyl (C=O) groups excluding carboxylic acids is 1. The first-order valence-corrected chi connectivity index (χ1v) is 7.87. The van der Waals surface area contributed by atoms with Crippen LogP contribution in [0, 0.1) is 6.92 Å². The minimum absolute atomic E-state index is 0.0873. The van der Waals surface area contributed by atoms with Gasteiger partial charge in [-0.2, -0.15) is 4.98 Å². The van der Waals surface area contributed by atoms with Gasteiger partial charge in [-0.05, 0) is 31.7 Å². The summed E-state index contributed by atoms with van der Waals surface area (Å²) in [5, 5.41) is 4.01. The molecule has 3 rings (SSSR count). The van der Waals surface area contributed by atoms with E-state index in [0.29, 0.717) is 17.8 Å². The first kappa shape index (κ1) is 14.8. The third-order valence-corrected chi connectivity index (χ3v) is 4.33. The molecule has 2 aromatic rings. The molecule has 1 atom stereocenters. The number of amides is 1. The minimum atomic E-state index is 0.0873. The van der Waals surface area contributed by atoms with Crippen molar-refractivity contribution in [1.29, 1.82) is 0 Å². The van der Waals surface area contributed by atoms with Crippen molar-refractivity contribution in [3.8, 4) is 11.4 Å². The van der Waals surface area contributed by atoms with Crippen molar-refractivity contribution in [3.05, 3.63) is 35.7 Å². The first-order valence-electron chi connectivity index (χ1n) is 7.87. The summed E-state index contributed by atoms with van der Waals surface area (Å²) in [6.07, 6.45) is 3.38. The number of carbonyl (C=O) groups is 1. The van der Waals surface area contributed by atoms with Crippen LogP contribution in [-0.4, -0.2) is 33.5 Å². The molecule has 116 valence electrons. The van der Waals surface area contributed by atoms with Gasteiger partial charge in [-0.15, -0.1) is 0 Å². The van der Waals surface area contributed by atoms with Gasteiger partial charge in [-0.1, -0.05) is 36.3 Å². The van der Waals surface area contributed by atoms with Crippen molar-refractivity contribution in [1.82, 2.24) is 15.0 Å². The van der Waals surface area contributed by atoms with E-state index >= 15 is 0 Å². The van der Waals surface area contributed by atoms with Gasteiger partial charge >= 0.3 is 0 Å². The number of hydrogen-bond donors (Lipinski definition) is 0. The lowest BCUT2D eigenvalue weighted by atomic mass is 10.1. The molecule has 0 radical (unpaired) electrons. The molecular formula is C17H21N3O2. The number of benzene rings is 1. The average Bonchev–Trinajstić information content (AvgIpc) is 3.16. The van der Waals surface area contributed by atoms with E-state index in [1.165, 1.54) is 0 Å². The highest BCUT2D eigenvalue weighted by Crippen LogP contribution is 2.22. The molecule has 1 unspecified atom stereocenters. The average molecular weight is 299 g/mol. The quantitative estimate of drug-likeness (QED) is 0.871. The molecule has 1 aromatic heterocycles. The summed E-state index contributed by atoms with van der Waals surface area (Å²) in [7, 11) is 0. The van der Waals surface area contributed by atoms with Crippen LogP contribution in [-0.2, 0) is 11.2 Å². The molecule has 5 nitrogen and oxygen atoms in total. The zero-order valence-corrected chi connectivity index (χ0v) is 13.1. The fourth-order valence-corrected chi connectivity index (χ4v) is 3.08. The van der Waals surface area contributed by atoms with E-state index in [4.69, 9.17) is 4.52 Å². The third-order valence-electron chi connectivity index (χ3n) is 4.33. The van der Waals surface area contributed by atoms with Gasteiger partial charge in [0.05, 0.1) is 0 Å². The summed E-state index contributed by atoms with van der Waals surface area (Å²) in [6.45, 7) is 4.97. The standard InChI is InChI=1S/C17H21N3O2/c1-3-13-8-6-10-20(13)16(21)11-15-18-17(19-22-15)14-9-5-4-7-12(14)2/h4-5,7,9,13H,3,6,8,10-11H2,1-2H3. The van der Waals surface area contributed by atoms with Gasteiger partial charge in [0.25, 0.3) is 0 Å². The van der Waals surface area contributed by atoms with Gasteiger partial charge < -0.3 is 9.42 Å². The van der Waals surface area contributed by atoms with E-state index in [0.717, 1.165) is 36.9 Å². The first-order chi connectivity index (χ1) is 10.7. The topological polar surface area (TPSA) is 59.2 Å². The highest BCUT2D eigenvalue weighted by atomic mass is 16.5. The molecule has 0 spiro atoms. The van der Waals surface area contributed by atoms with Crippen molar-refractivity contribution in [2.45, 2.75) is 45.6 Å². The van der Waals surface area contributed by atoms with Crippen LogP contribution >= 0.6 is 0 Å². The molecule has 1 aliphatic heterocycles. The molecule has 1 fully saturated rings. The van der Waals surface area contributed by atoms with Crippen LogP contribution in [0.1, 0.15) is 37.6 Å². The van der Waals surface area contributed by atoms with Crippen LogP contribution in [0.3, 0.4) is 0 Å². The Morgan fingerprint density at radius 3 is 3.00 bits per heavy atom. The Kier molecular flexibility index (Phi) is 4.22. The fourth-order valence-electron chi connectivity index (χ4n) is 3.08. The molecule has 0 aliphatic carbocycles. The zero-order chi connectivity index (χ0) is 15.5. The van der Waals surface area contributed by atoms with Crippen molar-refractivity contribution >= 4 is 5.91 Å². The molecule has 1 aromatic carbocycles. The van der Waals surface area contributed by atoms with Gasteiger partial charge in [-0.3, -0.25) is 4.79 Å². The van der Waals surface area contributed by atoms with E-state index in [1.54, 1.807) is 0 Å². The predicted octanol–water partition coefficient (Wildman–Crippen LogP) is 2.99. The molecule has 2 heterocycles. The van der Waals surface area contributed by atoms with Gasteiger partial charge in [0.15, 0.2) is 0 Å². The monoisotopic (exact) mass is 299 g/mol. The van der Waals surface area contributed by atoms with E-state index in [2.05, 4.69) is 17.1 Å². The molecule has 0 bridgehead atoms. The van der Waals surface area contributed by atoms with Crippen LogP contribution in [0.25, 0.3) is 11.4 Å². The Balaban J connectivity index is 1.72. The Morgan fingerprint density at radius 2 is 2.23 bits per heavy atom. The van der Waals surface area contributed by atoms with Gasteiger partial charge in [0.1, 0.15) is 6.42 Å². The highest BCUT2D eigenvalue weighted by Gasteiger charge is 2.28. The van der Waals surface area contributed by atoms with E-state index in [9.17, 15) is 4.79 Å². The van der Waals surface area contributed by atoms with Crippen LogP contribution in [0.2, 0.25) is 0 Å². The molecule has 22 heavy (non-hydrogen) atoms. The molecule has 1 saturated heterocycles. The lowest BCUT2D eigenvalue weighted by Gasteiger charge is -2.22. The summed E-state index contributed by atoms with van der Waals surface area (Å²) >= 11 is 0. The number of hydrogen-bond acceptors (Lipinski definition) is 4. The minimum Gasteiger partial charge on any atom is -0.339 e. The zero-order valence-electron chi connectivity index (χ0n) is 13.1. The van der Waals surface area contributed by atoms with E-state index in [1.807, 2.05) is 36.1 Å². The van der Waals surface area contributed by atoms with Crippen LogP contribution in [0.4, 0.5) is 0 Å². The van der Waals surface area contributed by atoms with Crippen molar-refractivity contribution in [3.63, 3.8) is 0 Å². The maximum atomic E-state index is 12.4. The summed E-state index contributed by atoms with van der Waals surface area (Å²) in [6, 6.07) is 8.25. The number of rotatable bonds is 4. The van der Waals surface area contributed by atoms with Gasteiger partial charge in [0.2, 0.25) is 17.6 Å². The van der Waals surface area contributed by atoms with E-state index < -0.39 is 0 Å². The fraction of sp³-hybridized carbons (Fsp3) is 0.471. The Hall–Kier alpha value is -2.17. The Bertz CT molecular complexity index is 665. The second-order valence-electron chi connectivity index (χ2n) is 5.79. The number of likely N-dealkylation sites (tertiary alicyclic amines) is 1. The number of aryl methyl sites for hydroxylation is 1. The van der Waals surface area contributed by atoms with Crippen LogP contribution < -0.4 is 0 Å².